The molecule has 4 aromatic rings. The average molecular weight is 663 g/mol. The molecule has 4 rings (SSSR count). The van der Waals surface area contributed by atoms with Gasteiger partial charge in [0.15, 0.2) is 0 Å². The maximum Gasteiger partial charge on any atom is 0.512 e. The highest BCUT2D eigenvalue weighted by Crippen LogP contribution is 2.33. The second kappa shape index (κ2) is 12.2. The predicted octanol–water partition coefficient (Wildman–Crippen LogP) is 5.24. The van der Waals surface area contributed by atoms with E-state index in [-0.39, 0.29) is 23.5 Å². The van der Waals surface area contributed by atoms with Crippen LogP contribution < -0.4 is 9.82 Å². The van der Waals surface area contributed by atoms with Gasteiger partial charge < -0.3 is 0 Å². The average Bonchev–Trinajstić information content (AvgIpc) is 3.25. The zero-order chi connectivity index (χ0) is 32.5. The second-order valence-electron chi connectivity index (χ2n) is 9.54. The maximum absolute atomic E-state index is 13.7. The van der Waals surface area contributed by atoms with Gasteiger partial charge in [-0.1, -0.05) is 72.1 Å². The predicted molar refractivity (Wildman–Crippen MR) is 148 cm³/mol. The van der Waals surface area contributed by atoms with E-state index in [1.54, 1.807) is 0 Å². The third-order valence-electron chi connectivity index (χ3n) is 6.44. The topological polar surface area (TPSA) is 120 Å². The van der Waals surface area contributed by atoms with Gasteiger partial charge in [-0.05, 0) is 35.7 Å². The molecule has 0 aliphatic carbocycles. The summed E-state index contributed by atoms with van der Waals surface area (Å²) in [5.41, 5.74) is -7.61. The van der Waals surface area contributed by atoms with Crippen molar-refractivity contribution in [3.8, 4) is 16.8 Å². The number of hydrogen-bond acceptors (Lipinski definition) is 6. The number of para-hydroxylation sites is 1. The molecular formula is C27H24F6N4O5S2. The van der Waals surface area contributed by atoms with Crippen LogP contribution in [-0.2, 0) is 39.2 Å². The smallest absolute Gasteiger partial charge is 0.274 e. The molecule has 0 aliphatic rings. The Morgan fingerprint density at radius 2 is 1.45 bits per heavy atom. The van der Waals surface area contributed by atoms with Gasteiger partial charge in [0, 0.05) is 12.0 Å². The molecule has 0 saturated carbocycles. The van der Waals surface area contributed by atoms with Crippen LogP contribution in [0, 0.1) is 0 Å². The maximum atomic E-state index is 13.7. The number of aromatic nitrogens is 3. The highest BCUT2D eigenvalue weighted by molar-refractivity contribution is 8.05. The SMILES string of the molecule is CCCCc1nn(-c2ccccc2C(F)(F)F)c(=O)n1Cc1ccc(-c2ccccc2S(=O)(=O)NS(=O)(=O)C(F)(F)F)cc1. The van der Waals surface area contributed by atoms with Crippen molar-refractivity contribution in [3.63, 3.8) is 0 Å². The van der Waals surface area contributed by atoms with Crippen molar-refractivity contribution in [2.45, 2.75) is 49.3 Å². The molecule has 0 unspecified atom stereocenters. The van der Waals surface area contributed by atoms with Gasteiger partial charge in [-0.25, -0.2) is 21.6 Å². The van der Waals surface area contributed by atoms with E-state index in [9.17, 15) is 48.0 Å². The van der Waals surface area contributed by atoms with Crippen LogP contribution in [0.4, 0.5) is 26.3 Å². The summed E-state index contributed by atoms with van der Waals surface area (Å²) >= 11 is 0. The third kappa shape index (κ3) is 6.89. The number of halogens is 6. The first-order valence-electron chi connectivity index (χ1n) is 12.8. The van der Waals surface area contributed by atoms with Crippen molar-refractivity contribution >= 4 is 20.0 Å². The van der Waals surface area contributed by atoms with E-state index in [0.717, 1.165) is 24.6 Å². The van der Waals surface area contributed by atoms with Crippen LogP contribution in [0.25, 0.3) is 16.8 Å². The Morgan fingerprint density at radius 1 is 0.841 bits per heavy atom. The van der Waals surface area contributed by atoms with Gasteiger partial charge in [0.05, 0.1) is 22.7 Å². The van der Waals surface area contributed by atoms with Gasteiger partial charge >= 0.3 is 27.4 Å². The number of unbranched alkanes of at least 4 members (excludes halogenated alkanes) is 1. The molecule has 44 heavy (non-hydrogen) atoms. The van der Waals surface area contributed by atoms with Crippen molar-refractivity contribution < 1.29 is 43.2 Å². The summed E-state index contributed by atoms with van der Waals surface area (Å²) in [5.74, 6) is 0.242. The molecule has 236 valence electrons. The minimum Gasteiger partial charge on any atom is -0.274 e. The highest BCUT2D eigenvalue weighted by atomic mass is 32.3. The molecule has 0 saturated heterocycles. The van der Waals surface area contributed by atoms with E-state index in [1.807, 2.05) is 6.92 Å². The number of nitrogens with one attached hydrogen (secondary N) is 1. The van der Waals surface area contributed by atoms with E-state index < -0.39 is 53.6 Å². The molecule has 0 amide bonds. The van der Waals surface area contributed by atoms with Crippen molar-refractivity contribution in [2.24, 2.45) is 0 Å². The summed E-state index contributed by atoms with van der Waals surface area (Å²) in [4.78, 5) is 12.6. The van der Waals surface area contributed by atoms with Gasteiger partial charge in [0.2, 0.25) is 0 Å². The second-order valence-corrected chi connectivity index (χ2v) is 13.1. The van der Waals surface area contributed by atoms with Crippen molar-refractivity contribution in [3.05, 3.63) is 100 Å². The molecule has 1 heterocycles. The van der Waals surface area contributed by atoms with Gasteiger partial charge in [-0.15, -0.1) is 5.10 Å². The lowest BCUT2D eigenvalue weighted by molar-refractivity contribution is -0.137. The Hall–Kier alpha value is -3.96. The normalized spacial score (nSPS) is 12.9. The molecule has 3 aromatic carbocycles. The fourth-order valence-corrected chi connectivity index (χ4v) is 6.94. The molecule has 17 heteroatoms. The van der Waals surface area contributed by atoms with E-state index >= 15 is 0 Å². The zero-order valence-corrected chi connectivity index (χ0v) is 24.4. The van der Waals surface area contributed by atoms with Crippen LogP contribution in [0.5, 0.6) is 0 Å². The van der Waals surface area contributed by atoms with E-state index in [1.165, 1.54) is 59.2 Å². The molecule has 9 nitrogen and oxygen atoms in total. The van der Waals surface area contributed by atoms with Gasteiger partial charge in [0.1, 0.15) is 5.82 Å². The van der Waals surface area contributed by atoms with Crippen molar-refractivity contribution in [1.82, 2.24) is 18.5 Å². The summed E-state index contributed by atoms with van der Waals surface area (Å²) in [7, 11) is -11.4. The van der Waals surface area contributed by atoms with Crippen LogP contribution in [0.15, 0.2) is 82.5 Å². The standard InChI is InChI=1S/C27H24F6N4O5S2/c1-2-3-12-24-34-37(22-10-6-5-9-21(22)26(28,29)30)25(38)36(24)17-18-13-15-19(16-14-18)20-8-4-7-11-23(20)43(39,40)35-44(41,42)27(31,32)33/h4-11,13-16,35H,2-3,12,17H2,1H3. The van der Waals surface area contributed by atoms with E-state index in [0.29, 0.717) is 27.2 Å². The van der Waals surface area contributed by atoms with Crippen LogP contribution in [0.2, 0.25) is 0 Å². The Morgan fingerprint density at radius 3 is 2.07 bits per heavy atom. The molecule has 1 N–H and O–H groups in total. The number of sulfonamides is 2. The monoisotopic (exact) mass is 662 g/mol. The van der Waals surface area contributed by atoms with E-state index in [2.05, 4.69) is 5.10 Å². The quantitative estimate of drug-likeness (QED) is 0.232. The molecular weight excluding hydrogens is 638 g/mol. The Bertz CT molecular complexity index is 1930. The summed E-state index contributed by atoms with van der Waals surface area (Å²) in [6.07, 6.45) is -3.13. The fourth-order valence-electron chi connectivity index (χ4n) is 4.32. The van der Waals surface area contributed by atoms with Gasteiger partial charge in [-0.3, -0.25) is 4.57 Å². The number of nitrogens with zero attached hydrogens (tertiary/aromatic N) is 3. The molecule has 0 atom stereocenters. The van der Waals surface area contributed by atoms with Crippen LogP contribution in [-0.4, -0.2) is 36.7 Å². The lowest BCUT2D eigenvalue weighted by atomic mass is 10.0. The lowest BCUT2D eigenvalue weighted by Crippen LogP contribution is -2.40. The molecule has 0 spiro atoms. The molecule has 1 aromatic heterocycles. The summed E-state index contributed by atoms with van der Waals surface area (Å²) < 4.78 is 130. The van der Waals surface area contributed by atoms with E-state index in [4.69, 9.17) is 0 Å². The number of rotatable bonds is 10. The first kappa shape index (κ1) is 32.9. The zero-order valence-electron chi connectivity index (χ0n) is 22.7. The van der Waals surface area contributed by atoms with Gasteiger partial charge in [-0.2, -0.15) is 31.0 Å². The summed E-state index contributed by atoms with van der Waals surface area (Å²) in [6.45, 7) is 1.78. The Kier molecular flexibility index (Phi) is 9.14. The Balaban J connectivity index is 1.70. The van der Waals surface area contributed by atoms with Crippen LogP contribution >= 0.6 is 0 Å². The van der Waals surface area contributed by atoms with Crippen molar-refractivity contribution in [2.75, 3.05) is 0 Å². The first-order valence-corrected chi connectivity index (χ1v) is 15.8. The summed E-state index contributed by atoms with van der Waals surface area (Å²) in [6, 6.07) is 15.1. The van der Waals surface area contributed by atoms with Crippen LogP contribution in [0.1, 0.15) is 36.7 Å². The summed E-state index contributed by atoms with van der Waals surface area (Å²) in [5, 5.41) is 4.20. The highest BCUT2D eigenvalue weighted by Gasteiger charge is 2.48. The third-order valence-corrected chi connectivity index (χ3v) is 9.74. The minimum absolute atomic E-state index is 0.110. The lowest BCUT2D eigenvalue weighted by Gasteiger charge is -2.14. The fraction of sp³-hybridized carbons (Fsp3) is 0.259. The number of aryl methyl sites for hydroxylation is 1. The number of hydrogen-bond donors (Lipinski definition) is 1. The molecule has 0 bridgehead atoms. The van der Waals surface area contributed by atoms with Gasteiger partial charge in [0.25, 0.3) is 10.0 Å². The number of benzene rings is 3. The van der Waals surface area contributed by atoms with Crippen LogP contribution in [0.3, 0.4) is 0 Å². The largest absolute Gasteiger partial charge is 0.512 e. The molecule has 0 radical (unpaired) electrons. The minimum atomic E-state index is -6.23. The first-order chi connectivity index (χ1) is 20.5. The molecule has 0 aliphatic heterocycles. The molecule has 0 fully saturated rings. The Labute approximate surface area is 247 Å². The van der Waals surface area contributed by atoms with Crippen molar-refractivity contribution in [1.29, 1.82) is 0 Å². The number of alkyl halides is 6.